The first-order valence-corrected chi connectivity index (χ1v) is 18.5. The number of rotatable bonds is 7. The second-order valence-electron chi connectivity index (χ2n) is 11.8. The zero-order chi connectivity index (χ0) is 39.1. The Balaban J connectivity index is 1.72. The molecule has 0 aliphatic rings. The summed E-state index contributed by atoms with van der Waals surface area (Å²) in [6.45, 7) is 0. The van der Waals surface area contributed by atoms with Crippen molar-refractivity contribution in [2.24, 2.45) is 0 Å². The molecule has 0 saturated heterocycles. The lowest BCUT2D eigenvalue weighted by molar-refractivity contribution is -0.137. The van der Waals surface area contributed by atoms with Gasteiger partial charge < -0.3 is 0 Å². The Kier molecular flexibility index (Phi) is 10.8. The lowest BCUT2D eigenvalue weighted by Crippen LogP contribution is -2.33. The summed E-state index contributed by atoms with van der Waals surface area (Å²) in [4.78, 5) is 0. The molecule has 0 amide bonds. The number of hydrogen-bond acceptors (Lipinski definition) is 0. The molecule has 0 saturated carbocycles. The van der Waals surface area contributed by atoms with Crippen molar-refractivity contribution in [2.45, 2.75) is 24.7 Å². The van der Waals surface area contributed by atoms with Gasteiger partial charge in [0.25, 0.3) is 0 Å². The van der Waals surface area contributed by atoms with Crippen molar-refractivity contribution in [1.29, 1.82) is 0 Å². The smallest absolute Gasteiger partial charge is 0.166 e. The van der Waals surface area contributed by atoms with Crippen LogP contribution in [0.25, 0.3) is 11.1 Å². The number of halogens is 12. The van der Waals surface area contributed by atoms with E-state index in [1.807, 2.05) is 0 Å². The second-order valence-corrected chi connectivity index (χ2v) is 16.0. The van der Waals surface area contributed by atoms with Gasteiger partial charge in [-0.15, -0.1) is 0 Å². The van der Waals surface area contributed by atoms with Gasteiger partial charge in [0.15, 0.2) is 0 Å². The highest BCUT2D eigenvalue weighted by atomic mass is 31.1. The first kappa shape index (κ1) is 39.0. The molecule has 54 heavy (non-hydrogen) atoms. The van der Waals surface area contributed by atoms with Crippen molar-refractivity contribution in [3.05, 3.63) is 168 Å². The van der Waals surface area contributed by atoms with Crippen LogP contribution in [0.2, 0.25) is 0 Å². The Morgan fingerprint density at radius 1 is 0.241 bits per heavy atom. The zero-order valence-corrected chi connectivity index (χ0v) is 29.1. The molecule has 0 N–H and O–H groups in total. The van der Waals surface area contributed by atoms with E-state index in [4.69, 9.17) is 0 Å². The van der Waals surface area contributed by atoms with E-state index in [1.165, 1.54) is 72.8 Å². The van der Waals surface area contributed by atoms with E-state index in [-0.39, 0.29) is 21.7 Å². The van der Waals surface area contributed by atoms with Crippen LogP contribution in [0.1, 0.15) is 22.3 Å². The zero-order valence-electron chi connectivity index (χ0n) is 27.3. The third-order valence-electron chi connectivity index (χ3n) is 8.38. The van der Waals surface area contributed by atoms with Gasteiger partial charge in [0, 0.05) is 0 Å². The first-order valence-electron chi connectivity index (χ1n) is 15.8. The number of benzene rings is 6. The standard InChI is InChI=1S/C40H24F12P2/c41-37(42,43)27-15-3-9-21-33(27)53(34-22-10-4-16-28(34)38(44,45)46)31-19-7-1-13-25(31)26-14-2-8-20-32(26)54(35-23-11-5-17-29(35)39(47,48)49)36-24-12-6-18-30(36)40(50,51)52/h1-24H. The first-order chi connectivity index (χ1) is 25.4. The maximum Gasteiger partial charge on any atom is 0.417 e. The minimum absolute atomic E-state index is 0.0310. The van der Waals surface area contributed by atoms with Crippen LogP contribution >= 0.6 is 15.8 Å². The Morgan fingerprint density at radius 2 is 0.426 bits per heavy atom. The predicted molar refractivity (Wildman–Crippen MR) is 189 cm³/mol. The monoisotopic (exact) mass is 794 g/mol. The molecule has 6 aromatic rings. The summed E-state index contributed by atoms with van der Waals surface area (Å²) in [5.41, 5.74) is -4.72. The van der Waals surface area contributed by atoms with Gasteiger partial charge in [-0.1, -0.05) is 121 Å². The molecule has 6 aromatic carbocycles. The summed E-state index contributed by atoms with van der Waals surface area (Å²) in [5, 5.41) is -1.97. The van der Waals surface area contributed by atoms with Crippen molar-refractivity contribution < 1.29 is 52.7 Å². The molecule has 6 rings (SSSR count). The largest absolute Gasteiger partial charge is 0.417 e. The van der Waals surface area contributed by atoms with Crippen molar-refractivity contribution in [1.82, 2.24) is 0 Å². The SMILES string of the molecule is FC(F)(F)c1ccccc1P(c1ccccc1-c1ccccc1P(c1ccccc1C(F)(F)F)c1ccccc1C(F)(F)F)c1ccccc1C(F)(F)F. The van der Waals surface area contributed by atoms with Crippen LogP contribution in [0, 0.1) is 0 Å². The summed E-state index contributed by atoms with van der Waals surface area (Å²) in [6.07, 6.45) is -20.0. The van der Waals surface area contributed by atoms with Crippen LogP contribution in [0.15, 0.2) is 146 Å². The molecule has 0 aliphatic carbocycles. The number of alkyl halides is 12. The van der Waals surface area contributed by atoms with Gasteiger partial charge in [0.2, 0.25) is 0 Å². The van der Waals surface area contributed by atoms with E-state index >= 15 is 0 Å². The summed E-state index contributed by atoms with van der Waals surface area (Å²) in [6, 6.07) is 27.9. The maximum absolute atomic E-state index is 14.6. The second kappa shape index (κ2) is 14.9. The molecule has 0 aliphatic heterocycles. The molecule has 0 unspecified atom stereocenters. The highest BCUT2D eigenvalue weighted by Crippen LogP contribution is 2.48. The van der Waals surface area contributed by atoms with E-state index in [0.29, 0.717) is 0 Å². The fourth-order valence-electron chi connectivity index (χ4n) is 6.20. The van der Waals surface area contributed by atoms with Gasteiger partial charge in [0.1, 0.15) is 0 Å². The van der Waals surface area contributed by atoms with Gasteiger partial charge in [-0.05, 0) is 83.1 Å². The van der Waals surface area contributed by atoms with Crippen molar-refractivity contribution in [3.8, 4) is 11.1 Å². The maximum atomic E-state index is 14.6. The minimum atomic E-state index is -5.01. The molecule has 0 aromatic heterocycles. The van der Waals surface area contributed by atoms with Gasteiger partial charge in [-0.3, -0.25) is 0 Å². The summed E-state index contributed by atoms with van der Waals surface area (Å²) < 4.78 is 175. The van der Waals surface area contributed by atoms with Crippen molar-refractivity contribution in [3.63, 3.8) is 0 Å². The van der Waals surface area contributed by atoms with E-state index in [9.17, 15) is 52.7 Å². The molecule has 0 atom stereocenters. The molecule has 278 valence electrons. The molecule has 0 fully saturated rings. The molecule has 0 radical (unpaired) electrons. The van der Waals surface area contributed by atoms with E-state index in [1.54, 1.807) is 0 Å². The van der Waals surface area contributed by atoms with E-state index in [2.05, 4.69) is 0 Å². The molecular formula is C40H24F12P2. The molecule has 0 bridgehead atoms. The Labute approximate surface area is 303 Å². The molecule has 0 nitrogen and oxygen atoms in total. The van der Waals surface area contributed by atoms with E-state index in [0.717, 1.165) is 72.8 Å². The average Bonchev–Trinajstić information content (AvgIpc) is 3.12. The lowest BCUT2D eigenvalue weighted by Gasteiger charge is -2.30. The van der Waals surface area contributed by atoms with Crippen LogP contribution < -0.4 is 31.8 Å². The highest BCUT2D eigenvalue weighted by Gasteiger charge is 2.43. The molecule has 0 heterocycles. The van der Waals surface area contributed by atoms with Crippen LogP contribution in [0.4, 0.5) is 52.7 Å². The van der Waals surface area contributed by atoms with Crippen molar-refractivity contribution >= 4 is 47.7 Å². The average molecular weight is 795 g/mol. The Hall–Kier alpha value is -4.66. The van der Waals surface area contributed by atoms with Crippen molar-refractivity contribution in [2.75, 3.05) is 0 Å². The fourth-order valence-corrected chi connectivity index (χ4v) is 11.8. The van der Waals surface area contributed by atoms with Gasteiger partial charge in [-0.25, -0.2) is 0 Å². The highest BCUT2D eigenvalue weighted by molar-refractivity contribution is 7.81. The van der Waals surface area contributed by atoms with Gasteiger partial charge in [0.05, 0.1) is 22.3 Å². The predicted octanol–water partition coefficient (Wildman–Crippen LogP) is 10.9. The van der Waals surface area contributed by atoms with E-state index < -0.39 is 84.0 Å². The minimum Gasteiger partial charge on any atom is -0.166 e. The third-order valence-corrected chi connectivity index (χ3v) is 13.6. The topological polar surface area (TPSA) is 0 Å². The quantitative estimate of drug-likeness (QED) is 0.112. The summed E-state index contributed by atoms with van der Waals surface area (Å²) in [5.74, 6) is 0. The van der Waals surface area contributed by atoms with Gasteiger partial charge >= 0.3 is 24.7 Å². The normalized spacial score (nSPS) is 12.8. The summed E-state index contributed by atoms with van der Waals surface area (Å²) >= 11 is 0. The molecular weight excluding hydrogens is 770 g/mol. The molecule has 0 spiro atoms. The van der Waals surface area contributed by atoms with Crippen LogP contribution in [0.5, 0.6) is 0 Å². The lowest BCUT2D eigenvalue weighted by atomic mass is 10.1. The van der Waals surface area contributed by atoms with Gasteiger partial charge in [-0.2, -0.15) is 52.7 Å². The van der Waals surface area contributed by atoms with Crippen LogP contribution in [0.3, 0.4) is 0 Å². The third kappa shape index (κ3) is 7.91. The Bertz CT molecular complexity index is 1990. The fraction of sp³-hybridized carbons (Fsp3) is 0.100. The van der Waals surface area contributed by atoms with Crippen LogP contribution in [-0.4, -0.2) is 0 Å². The van der Waals surface area contributed by atoms with Crippen LogP contribution in [-0.2, 0) is 24.7 Å². The number of hydrogen-bond donors (Lipinski definition) is 0. The Morgan fingerprint density at radius 3 is 0.648 bits per heavy atom. The molecule has 14 heteroatoms. The summed E-state index contributed by atoms with van der Waals surface area (Å²) in [7, 11) is -5.49.